The van der Waals surface area contributed by atoms with Crippen molar-refractivity contribution >= 4 is 23.2 Å². The highest BCUT2D eigenvalue weighted by atomic mass is 16.7. The molecule has 8 nitrogen and oxygen atoms in total. The van der Waals surface area contributed by atoms with Crippen LogP contribution in [-0.2, 0) is 11.2 Å². The molecule has 1 heterocycles. The second-order valence-electron chi connectivity index (χ2n) is 7.30. The van der Waals surface area contributed by atoms with Crippen molar-refractivity contribution in [3.63, 3.8) is 0 Å². The highest BCUT2D eigenvalue weighted by Crippen LogP contribution is 2.33. The van der Waals surface area contributed by atoms with Crippen LogP contribution in [0.25, 0.3) is 0 Å². The number of aryl methyl sites for hydroxylation is 1. The Labute approximate surface area is 191 Å². The number of hydrogen-bond donors (Lipinski definition) is 2. The Morgan fingerprint density at radius 1 is 0.879 bits per heavy atom. The number of hydrogen-bond acceptors (Lipinski definition) is 6. The molecule has 3 aromatic carbocycles. The molecule has 2 amide bonds. The SMILES string of the molecule is COc1ccc(NC(=O)c2ccccc2NC(=O)CCc2ccc3c(c2)OCO3)c(OC)c1. The van der Waals surface area contributed by atoms with Gasteiger partial charge in [-0.15, -0.1) is 0 Å². The molecule has 0 saturated heterocycles. The highest BCUT2D eigenvalue weighted by Gasteiger charge is 2.17. The molecule has 0 radical (unpaired) electrons. The molecule has 1 aliphatic rings. The Balaban J connectivity index is 1.41. The second-order valence-corrected chi connectivity index (χ2v) is 7.30. The van der Waals surface area contributed by atoms with E-state index in [1.54, 1.807) is 49.6 Å². The number of carbonyl (C=O) groups excluding carboxylic acids is 2. The average Bonchev–Trinajstić information content (AvgIpc) is 3.31. The smallest absolute Gasteiger partial charge is 0.257 e. The Bertz CT molecular complexity index is 1180. The van der Waals surface area contributed by atoms with Crippen LogP contribution >= 0.6 is 0 Å². The summed E-state index contributed by atoms with van der Waals surface area (Å²) in [5, 5.41) is 5.67. The Morgan fingerprint density at radius 2 is 1.70 bits per heavy atom. The summed E-state index contributed by atoms with van der Waals surface area (Å²) < 4.78 is 21.2. The summed E-state index contributed by atoms with van der Waals surface area (Å²) in [6.45, 7) is 0.209. The van der Waals surface area contributed by atoms with Crippen molar-refractivity contribution in [1.82, 2.24) is 0 Å². The van der Waals surface area contributed by atoms with Gasteiger partial charge in [-0.3, -0.25) is 9.59 Å². The quantitative estimate of drug-likeness (QED) is 0.535. The number of amides is 2. The molecule has 3 aromatic rings. The van der Waals surface area contributed by atoms with Crippen LogP contribution in [-0.4, -0.2) is 32.8 Å². The minimum Gasteiger partial charge on any atom is -0.497 e. The van der Waals surface area contributed by atoms with Crippen molar-refractivity contribution in [2.45, 2.75) is 12.8 Å². The minimum atomic E-state index is -0.370. The summed E-state index contributed by atoms with van der Waals surface area (Å²) >= 11 is 0. The number of fused-ring (bicyclic) bond motifs is 1. The van der Waals surface area contributed by atoms with E-state index < -0.39 is 0 Å². The third-order valence-electron chi connectivity index (χ3n) is 5.18. The fourth-order valence-corrected chi connectivity index (χ4v) is 3.45. The minimum absolute atomic E-state index is 0.199. The molecule has 2 N–H and O–H groups in total. The largest absolute Gasteiger partial charge is 0.497 e. The van der Waals surface area contributed by atoms with E-state index in [2.05, 4.69) is 10.6 Å². The van der Waals surface area contributed by atoms with Gasteiger partial charge in [0.1, 0.15) is 11.5 Å². The van der Waals surface area contributed by atoms with Gasteiger partial charge in [0, 0.05) is 12.5 Å². The lowest BCUT2D eigenvalue weighted by Gasteiger charge is -2.14. The molecule has 0 aliphatic carbocycles. The van der Waals surface area contributed by atoms with E-state index in [0.29, 0.717) is 46.4 Å². The lowest BCUT2D eigenvalue weighted by atomic mass is 10.1. The van der Waals surface area contributed by atoms with Gasteiger partial charge in [0.25, 0.3) is 5.91 Å². The lowest BCUT2D eigenvalue weighted by molar-refractivity contribution is -0.116. The highest BCUT2D eigenvalue weighted by molar-refractivity contribution is 6.10. The van der Waals surface area contributed by atoms with Crippen LogP contribution in [0.4, 0.5) is 11.4 Å². The Kier molecular flexibility index (Phi) is 6.64. The molecule has 0 unspecified atom stereocenters. The maximum atomic E-state index is 13.0. The number of methoxy groups -OCH3 is 2. The van der Waals surface area contributed by atoms with Crippen molar-refractivity contribution in [2.75, 3.05) is 31.6 Å². The molecule has 4 rings (SSSR count). The summed E-state index contributed by atoms with van der Waals surface area (Å²) in [5.74, 6) is 1.90. The van der Waals surface area contributed by atoms with E-state index in [1.165, 1.54) is 7.11 Å². The third-order valence-corrected chi connectivity index (χ3v) is 5.18. The van der Waals surface area contributed by atoms with Gasteiger partial charge in [-0.25, -0.2) is 0 Å². The number of ether oxygens (including phenoxy) is 4. The first-order chi connectivity index (χ1) is 16.1. The molecule has 0 aromatic heterocycles. The summed E-state index contributed by atoms with van der Waals surface area (Å²) in [4.78, 5) is 25.5. The number of anilines is 2. The molecule has 1 aliphatic heterocycles. The fourth-order valence-electron chi connectivity index (χ4n) is 3.45. The van der Waals surface area contributed by atoms with Crippen LogP contribution in [0.3, 0.4) is 0 Å². The molecular weight excluding hydrogens is 424 g/mol. The predicted molar refractivity (Wildman–Crippen MR) is 123 cm³/mol. The maximum absolute atomic E-state index is 13.0. The molecule has 8 heteroatoms. The first-order valence-electron chi connectivity index (χ1n) is 10.4. The van der Waals surface area contributed by atoms with Gasteiger partial charge in [-0.2, -0.15) is 0 Å². The lowest BCUT2D eigenvalue weighted by Crippen LogP contribution is -2.18. The zero-order valence-corrected chi connectivity index (χ0v) is 18.3. The number of benzene rings is 3. The molecule has 0 fully saturated rings. The summed E-state index contributed by atoms with van der Waals surface area (Å²) in [5.41, 5.74) is 2.23. The van der Waals surface area contributed by atoms with Crippen LogP contribution < -0.4 is 29.6 Å². The van der Waals surface area contributed by atoms with Crippen molar-refractivity contribution in [3.05, 3.63) is 71.8 Å². The van der Waals surface area contributed by atoms with Crippen molar-refractivity contribution in [1.29, 1.82) is 0 Å². The molecule has 0 atom stereocenters. The van der Waals surface area contributed by atoms with Crippen molar-refractivity contribution < 1.29 is 28.5 Å². The van der Waals surface area contributed by atoms with Crippen LogP contribution in [0.5, 0.6) is 23.0 Å². The van der Waals surface area contributed by atoms with Gasteiger partial charge >= 0.3 is 0 Å². The maximum Gasteiger partial charge on any atom is 0.257 e. The van der Waals surface area contributed by atoms with E-state index in [0.717, 1.165) is 5.56 Å². The zero-order valence-electron chi connectivity index (χ0n) is 18.3. The van der Waals surface area contributed by atoms with Crippen molar-refractivity contribution in [3.8, 4) is 23.0 Å². The van der Waals surface area contributed by atoms with Gasteiger partial charge in [0.15, 0.2) is 11.5 Å². The Hall–Kier alpha value is -4.20. The van der Waals surface area contributed by atoms with E-state index in [1.807, 2.05) is 18.2 Å². The predicted octanol–water partition coefficient (Wildman–Crippen LogP) is 4.26. The number of carbonyl (C=O) groups is 2. The van der Waals surface area contributed by atoms with E-state index in [4.69, 9.17) is 18.9 Å². The second kappa shape index (κ2) is 9.95. The van der Waals surface area contributed by atoms with Gasteiger partial charge in [-0.1, -0.05) is 18.2 Å². The number of rotatable bonds is 8. The van der Waals surface area contributed by atoms with Gasteiger partial charge in [-0.05, 0) is 48.4 Å². The topological polar surface area (TPSA) is 95.1 Å². The average molecular weight is 448 g/mol. The molecule has 170 valence electrons. The van der Waals surface area contributed by atoms with E-state index >= 15 is 0 Å². The number of para-hydroxylation sites is 1. The standard InChI is InChI=1S/C25H24N2O6/c1-30-17-9-10-20(22(14-17)31-2)27-25(29)18-5-3-4-6-19(18)26-24(28)12-8-16-7-11-21-23(13-16)33-15-32-21/h3-7,9-11,13-14H,8,12,15H2,1-2H3,(H,26,28)(H,27,29). The summed E-state index contributed by atoms with van der Waals surface area (Å²) in [6.07, 6.45) is 0.780. The van der Waals surface area contributed by atoms with Crippen LogP contribution in [0.1, 0.15) is 22.3 Å². The number of nitrogens with one attached hydrogen (secondary N) is 2. The normalized spacial score (nSPS) is 11.6. The van der Waals surface area contributed by atoms with Gasteiger partial charge in [0.2, 0.25) is 12.7 Å². The molecule has 0 spiro atoms. The first-order valence-corrected chi connectivity index (χ1v) is 10.4. The molecule has 33 heavy (non-hydrogen) atoms. The van der Waals surface area contributed by atoms with E-state index in [9.17, 15) is 9.59 Å². The first kappa shape index (κ1) is 22.0. The Morgan fingerprint density at radius 3 is 2.52 bits per heavy atom. The summed E-state index contributed by atoms with van der Waals surface area (Å²) in [7, 11) is 3.07. The molecule has 0 saturated carbocycles. The molecule has 0 bridgehead atoms. The molecular formula is C25H24N2O6. The van der Waals surface area contributed by atoms with Gasteiger partial charge < -0.3 is 29.6 Å². The van der Waals surface area contributed by atoms with Crippen LogP contribution in [0.2, 0.25) is 0 Å². The van der Waals surface area contributed by atoms with Crippen LogP contribution in [0.15, 0.2) is 60.7 Å². The summed E-state index contributed by atoms with van der Waals surface area (Å²) in [6, 6.07) is 17.6. The fraction of sp³-hybridized carbons (Fsp3) is 0.200. The van der Waals surface area contributed by atoms with Crippen molar-refractivity contribution in [2.24, 2.45) is 0 Å². The van der Waals surface area contributed by atoms with Crippen LogP contribution in [0, 0.1) is 0 Å². The monoisotopic (exact) mass is 448 g/mol. The zero-order chi connectivity index (χ0) is 23.2. The van der Waals surface area contributed by atoms with Gasteiger partial charge in [0.05, 0.1) is 31.2 Å². The van der Waals surface area contributed by atoms with E-state index in [-0.39, 0.29) is 25.0 Å². The third kappa shape index (κ3) is 5.17.